The van der Waals surface area contributed by atoms with E-state index in [9.17, 15) is 4.79 Å². The fraction of sp³-hybridized carbons (Fsp3) is 0.273. The minimum atomic E-state index is -0.299. The molecule has 0 aromatic carbocycles. The maximum absolute atomic E-state index is 11.4. The number of hydrogen-bond acceptors (Lipinski definition) is 5. The molecule has 2 aromatic rings. The topological polar surface area (TPSA) is 39.2 Å². The Balaban J connectivity index is 2.21. The van der Waals surface area contributed by atoms with Crippen LogP contribution < -0.4 is 0 Å². The van der Waals surface area contributed by atoms with Gasteiger partial charge >= 0.3 is 5.97 Å². The SMILES string of the molecule is COC(=O)c1sc(Cc2cccs2)nc1C. The summed E-state index contributed by atoms with van der Waals surface area (Å²) in [5.41, 5.74) is 0.753. The van der Waals surface area contributed by atoms with Crippen molar-refractivity contribution >= 4 is 28.6 Å². The number of carbonyl (C=O) groups excluding carboxylic acids is 1. The highest BCUT2D eigenvalue weighted by molar-refractivity contribution is 7.14. The first kappa shape index (κ1) is 11.3. The van der Waals surface area contributed by atoms with Crippen LogP contribution in [0.2, 0.25) is 0 Å². The summed E-state index contributed by atoms with van der Waals surface area (Å²) in [6, 6.07) is 4.08. The van der Waals surface area contributed by atoms with Crippen LogP contribution in [0.4, 0.5) is 0 Å². The lowest BCUT2D eigenvalue weighted by Crippen LogP contribution is -1.99. The van der Waals surface area contributed by atoms with E-state index in [4.69, 9.17) is 4.74 Å². The van der Waals surface area contributed by atoms with Gasteiger partial charge in [0.25, 0.3) is 0 Å². The van der Waals surface area contributed by atoms with Crippen LogP contribution in [0.3, 0.4) is 0 Å². The van der Waals surface area contributed by atoms with E-state index in [0.29, 0.717) is 4.88 Å². The van der Waals surface area contributed by atoms with E-state index in [1.165, 1.54) is 23.3 Å². The number of aromatic nitrogens is 1. The molecule has 3 nitrogen and oxygen atoms in total. The Hall–Kier alpha value is -1.20. The molecule has 0 aliphatic rings. The average molecular weight is 253 g/mol. The summed E-state index contributed by atoms with van der Waals surface area (Å²) in [5.74, 6) is -0.299. The summed E-state index contributed by atoms with van der Waals surface area (Å²) in [7, 11) is 1.39. The van der Waals surface area contributed by atoms with E-state index in [0.717, 1.165) is 17.1 Å². The number of nitrogens with zero attached hydrogens (tertiary/aromatic N) is 1. The summed E-state index contributed by atoms with van der Waals surface area (Å²) in [6.07, 6.45) is 0.792. The van der Waals surface area contributed by atoms with Crippen molar-refractivity contribution in [3.8, 4) is 0 Å². The van der Waals surface area contributed by atoms with Gasteiger partial charge in [-0.05, 0) is 18.4 Å². The van der Waals surface area contributed by atoms with Gasteiger partial charge in [-0.2, -0.15) is 0 Å². The first-order valence-electron chi connectivity index (χ1n) is 4.77. The molecule has 2 aromatic heterocycles. The molecule has 2 rings (SSSR count). The third kappa shape index (κ3) is 2.31. The van der Waals surface area contributed by atoms with Gasteiger partial charge in [0.1, 0.15) is 4.88 Å². The first-order chi connectivity index (χ1) is 7.70. The molecule has 0 aliphatic heterocycles. The largest absolute Gasteiger partial charge is 0.465 e. The standard InChI is InChI=1S/C11H11NO2S2/c1-7-10(11(13)14-2)16-9(12-7)6-8-4-3-5-15-8/h3-5H,6H2,1-2H3. The second-order valence-corrected chi connectivity index (χ2v) is 5.39. The molecular formula is C11H11NO2S2. The smallest absolute Gasteiger partial charge is 0.349 e. The van der Waals surface area contributed by atoms with Crippen molar-refractivity contribution < 1.29 is 9.53 Å². The van der Waals surface area contributed by atoms with Crippen LogP contribution in [0.25, 0.3) is 0 Å². The molecule has 0 amide bonds. The predicted molar refractivity (Wildman–Crippen MR) is 65.3 cm³/mol. The molecule has 0 aliphatic carbocycles. The zero-order valence-corrected chi connectivity index (χ0v) is 10.7. The van der Waals surface area contributed by atoms with Crippen molar-refractivity contribution in [2.45, 2.75) is 13.3 Å². The number of ether oxygens (including phenoxy) is 1. The maximum atomic E-state index is 11.4. The fourth-order valence-corrected chi connectivity index (χ4v) is 3.18. The van der Waals surface area contributed by atoms with Crippen molar-refractivity contribution in [1.82, 2.24) is 4.98 Å². The molecule has 0 fully saturated rings. The number of thiazole rings is 1. The Bertz CT molecular complexity index is 488. The third-order valence-electron chi connectivity index (χ3n) is 2.12. The lowest BCUT2D eigenvalue weighted by Gasteiger charge is -1.93. The van der Waals surface area contributed by atoms with Crippen molar-refractivity contribution in [2.75, 3.05) is 7.11 Å². The van der Waals surface area contributed by atoms with Gasteiger partial charge in [0.15, 0.2) is 0 Å². The van der Waals surface area contributed by atoms with Crippen molar-refractivity contribution in [3.05, 3.63) is 38.0 Å². The number of rotatable bonds is 3. The monoisotopic (exact) mass is 253 g/mol. The van der Waals surface area contributed by atoms with Crippen LogP contribution in [0.1, 0.15) is 25.3 Å². The molecule has 0 atom stereocenters. The molecule has 0 bridgehead atoms. The Morgan fingerprint density at radius 1 is 1.56 bits per heavy atom. The average Bonchev–Trinajstić information content (AvgIpc) is 2.88. The minimum Gasteiger partial charge on any atom is -0.465 e. The van der Waals surface area contributed by atoms with Gasteiger partial charge in [-0.15, -0.1) is 22.7 Å². The van der Waals surface area contributed by atoms with Gasteiger partial charge in [-0.1, -0.05) is 6.07 Å². The van der Waals surface area contributed by atoms with Crippen LogP contribution in [0, 0.1) is 6.92 Å². The number of methoxy groups -OCH3 is 1. The van der Waals surface area contributed by atoms with E-state index in [1.807, 2.05) is 18.4 Å². The molecule has 0 radical (unpaired) electrons. The predicted octanol–water partition coefficient (Wildman–Crippen LogP) is 2.89. The number of esters is 1. The van der Waals surface area contributed by atoms with Crippen LogP contribution >= 0.6 is 22.7 Å². The van der Waals surface area contributed by atoms with Crippen LogP contribution in [0.5, 0.6) is 0 Å². The molecule has 84 valence electrons. The molecular weight excluding hydrogens is 242 g/mol. The second kappa shape index (κ2) is 4.76. The van der Waals surface area contributed by atoms with Crippen molar-refractivity contribution in [1.29, 1.82) is 0 Å². The molecule has 16 heavy (non-hydrogen) atoms. The molecule has 2 heterocycles. The van der Waals surface area contributed by atoms with E-state index < -0.39 is 0 Å². The van der Waals surface area contributed by atoms with Gasteiger partial charge in [0.05, 0.1) is 17.8 Å². The zero-order chi connectivity index (χ0) is 11.5. The number of thiophene rings is 1. The first-order valence-corrected chi connectivity index (χ1v) is 6.47. The molecule has 0 saturated heterocycles. The molecule has 0 saturated carbocycles. The van der Waals surface area contributed by atoms with E-state index in [1.54, 1.807) is 11.3 Å². The van der Waals surface area contributed by atoms with E-state index in [-0.39, 0.29) is 5.97 Å². The number of hydrogen-bond donors (Lipinski definition) is 0. The van der Waals surface area contributed by atoms with Crippen LogP contribution in [-0.2, 0) is 11.2 Å². The summed E-state index contributed by atoms with van der Waals surface area (Å²) < 4.78 is 4.70. The Morgan fingerprint density at radius 2 is 2.38 bits per heavy atom. The van der Waals surface area contributed by atoms with Gasteiger partial charge in [-0.3, -0.25) is 0 Å². The number of carbonyl (C=O) groups is 1. The maximum Gasteiger partial charge on any atom is 0.349 e. The zero-order valence-electron chi connectivity index (χ0n) is 9.02. The molecule has 0 N–H and O–H groups in total. The summed E-state index contributed by atoms with van der Waals surface area (Å²) >= 11 is 3.11. The normalized spacial score (nSPS) is 10.4. The molecule has 0 unspecified atom stereocenters. The Labute approximate surface area is 102 Å². The van der Waals surface area contributed by atoms with Crippen molar-refractivity contribution in [3.63, 3.8) is 0 Å². The molecule has 0 spiro atoms. The van der Waals surface area contributed by atoms with E-state index in [2.05, 4.69) is 11.1 Å². The van der Waals surface area contributed by atoms with Gasteiger partial charge in [0.2, 0.25) is 0 Å². The Kier molecular flexibility index (Phi) is 3.36. The van der Waals surface area contributed by atoms with Gasteiger partial charge < -0.3 is 4.74 Å². The minimum absolute atomic E-state index is 0.299. The molecule has 5 heteroatoms. The quantitative estimate of drug-likeness (QED) is 0.790. The van der Waals surface area contributed by atoms with Gasteiger partial charge in [0, 0.05) is 11.3 Å². The summed E-state index contributed by atoms with van der Waals surface area (Å²) in [5, 5.41) is 3.00. The summed E-state index contributed by atoms with van der Waals surface area (Å²) in [6.45, 7) is 1.83. The van der Waals surface area contributed by atoms with Gasteiger partial charge in [-0.25, -0.2) is 9.78 Å². The lowest BCUT2D eigenvalue weighted by atomic mass is 10.3. The highest BCUT2D eigenvalue weighted by Gasteiger charge is 2.15. The van der Waals surface area contributed by atoms with Crippen LogP contribution in [-0.4, -0.2) is 18.1 Å². The van der Waals surface area contributed by atoms with Crippen molar-refractivity contribution in [2.24, 2.45) is 0 Å². The van der Waals surface area contributed by atoms with Crippen LogP contribution in [0.15, 0.2) is 17.5 Å². The highest BCUT2D eigenvalue weighted by Crippen LogP contribution is 2.23. The van der Waals surface area contributed by atoms with E-state index >= 15 is 0 Å². The second-order valence-electron chi connectivity index (χ2n) is 3.27. The fourth-order valence-electron chi connectivity index (χ4n) is 1.37. The lowest BCUT2D eigenvalue weighted by molar-refractivity contribution is 0.0605. The third-order valence-corrected chi connectivity index (χ3v) is 4.13. The highest BCUT2D eigenvalue weighted by atomic mass is 32.1. The number of aryl methyl sites for hydroxylation is 1. The summed E-state index contributed by atoms with van der Waals surface area (Å²) in [4.78, 5) is 17.6. The Morgan fingerprint density at radius 3 is 3.00 bits per heavy atom.